The van der Waals surface area contributed by atoms with Gasteiger partial charge in [-0.3, -0.25) is 0 Å². The normalized spacial score (nSPS) is 10.9. The maximum Gasteiger partial charge on any atom is 0.127 e. The van der Waals surface area contributed by atoms with Gasteiger partial charge in [0.15, 0.2) is 0 Å². The standard InChI is InChI=1S/C11H15ClFN/c1-8(2)14-6-5-9-3-4-10(12)7-11(9)13/h3-4,7-8,14H,5-6H2,1-2H3. The van der Waals surface area contributed by atoms with Gasteiger partial charge < -0.3 is 5.32 Å². The fourth-order valence-corrected chi connectivity index (χ4v) is 1.38. The number of hydrogen-bond acceptors (Lipinski definition) is 1. The Hall–Kier alpha value is -0.600. The van der Waals surface area contributed by atoms with E-state index < -0.39 is 0 Å². The lowest BCUT2D eigenvalue weighted by molar-refractivity contribution is 0.568. The van der Waals surface area contributed by atoms with Crippen LogP contribution in [0.5, 0.6) is 0 Å². The van der Waals surface area contributed by atoms with Gasteiger partial charge >= 0.3 is 0 Å². The largest absolute Gasteiger partial charge is 0.314 e. The molecule has 0 aromatic heterocycles. The van der Waals surface area contributed by atoms with Crippen molar-refractivity contribution < 1.29 is 4.39 Å². The number of nitrogens with one attached hydrogen (secondary N) is 1. The number of benzene rings is 1. The summed E-state index contributed by atoms with van der Waals surface area (Å²) in [6.45, 7) is 4.92. The Labute approximate surface area is 89.3 Å². The van der Waals surface area contributed by atoms with Crippen molar-refractivity contribution in [1.82, 2.24) is 5.32 Å². The van der Waals surface area contributed by atoms with Gasteiger partial charge in [0.1, 0.15) is 5.82 Å². The first kappa shape index (κ1) is 11.5. The molecule has 0 fully saturated rings. The Morgan fingerprint density at radius 2 is 2.14 bits per heavy atom. The molecule has 1 N–H and O–H groups in total. The number of halogens is 2. The maximum atomic E-state index is 13.3. The molecule has 1 aromatic rings. The predicted molar refractivity (Wildman–Crippen MR) is 58.3 cm³/mol. The van der Waals surface area contributed by atoms with Gasteiger partial charge in [-0.1, -0.05) is 31.5 Å². The first-order chi connectivity index (χ1) is 6.59. The molecule has 0 atom stereocenters. The molecule has 1 aromatic carbocycles. The summed E-state index contributed by atoms with van der Waals surface area (Å²) in [6.07, 6.45) is 0.696. The van der Waals surface area contributed by atoms with Crippen molar-refractivity contribution >= 4 is 11.6 Å². The van der Waals surface area contributed by atoms with E-state index in [0.717, 1.165) is 6.54 Å². The smallest absolute Gasteiger partial charge is 0.127 e. The molecule has 0 heterocycles. The summed E-state index contributed by atoms with van der Waals surface area (Å²) in [5, 5.41) is 3.68. The average molecular weight is 216 g/mol. The third kappa shape index (κ3) is 3.64. The van der Waals surface area contributed by atoms with E-state index in [0.29, 0.717) is 23.0 Å². The minimum Gasteiger partial charge on any atom is -0.314 e. The third-order valence-corrected chi connectivity index (χ3v) is 2.20. The first-order valence-corrected chi connectivity index (χ1v) is 5.14. The SMILES string of the molecule is CC(C)NCCc1ccc(Cl)cc1F. The van der Waals surface area contributed by atoms with Gasteiger partial charge in [-0.05, 0) is 30.7 Å². The first-order valence-electron chi connectivity index (χ1n) is 4.77. The average Bonchev–Trinajstić information content (AvgIpc) is 2.08. The molecule has 0 saturated heterocycles. The molecule has 0 unspecified atom stereocenters. The van der Waals surface area contributed by atoms with E-state index in [4.69, 9.17) is 11.6 Å². The summed E-state index contributed by atoms with van der Waals surface area (Å²) < 4.78 is 13.3. The van der Waals surface area contributed by atoms with E-state index in [2.05, 4.69) is 19.2 Å². The molecule has 0 aliphatic heterocycles. The minimum atomic E-state index is -0.219. The highest BCUT2D eigenvalue weighted by Gasteiger charge is 2.02. The third-order valence-electron chi connectivity index (χ3n) is 1.96. The van der Waals surface area contributed by atoms with Crippen LogP contribution in [0.2, 0.25) is 5.02 Å². The molecular weight excluding hydrogens is 201 g/mol. The van der Waals surface area contributed by atoms with Crippen LogP contribution in [0.4, 0.5) is 4.39 Å². The van der Waals surface area contributed by atoms with E-state index in [9.17, 15) is 4.39 Å². The van der Waals surface area contributed by atoms with E-state index in [1.165, 1.54) is 6.07 Å². The van der Waals surface area contributed by atoms with Crippen molar-refractivity contribution in [2.75, 3.05) is 6.54 Å². The molecule has 1 rings (SSSR count). The Kier molecular flexibility index (Phi) is 4.36. The van der Waals surface area contributed by atoms with Crippen molar-refractivity contribution in [3.8, 4) is 0 Å². The van der Waals surface area contributed by atoms with E-state index >= 15 is 0 Å². The Bertz CT molecular complexity index is 299. The van der Waals surface area contributed by atoms with E-state index in [1.54, 1.807) is 12.1 Å². The zero-order chi connectivity index (χ0) is 10.6. The van der Waals surface area contributed by atoms with Crippen LogP contribution in [0, 0.1) is 5.82 Å². The molecular formula is C11H15ClFN. The van der Waals surface area contributed by atoms with Gasteiger partial charge in [0.2, 0.25) is 0 Å². The highest BCUT2D eigenvalue weighted by Crippen LogP contribution is 2.14. The second-order valence-corrected chi connectivity index (χ2v) is 4.03. The van der Waals surface area contributed by atoms with Crippen molar-refractivity contribution in [2.45, 2.75) is 26.3 Å². The van der Waals surface area contributed by atoms with Crippen molar-refractivity contribution in [1.29, 1.82) is 0 Å². The molecule has 0 spiro atoms. The predicted octanol–water partition coefficient (Wildman–Crippen LogP) is 3.02. The molecule has 0 bridgehead atoms. The maximum absolute atomic E-state index is 13.3. The zero-order valence-corrected chi connectivity index (χ0v) is 9.24. The van der Waals surface area contributed by atoms with Crippen molar-refractivity contribution in [2.24, 2.45) is 0 Å². The molecule has 1 nitrogen and oxygen atoms in total. The molecule has 0 amide bonds. The summed E-state index contributed by atoms with van der Waals surface area (Å²) >= 11 is 5.65. The minimum absolute atomic E-state index is 0.219. The lowest BCUT2D eigenvalue weighted by Crippen LogP contribution is -2.25. The van der Waals surface area contributed by atoms with Gasteiger partial charge in [0.25, 0.3) is 0 Å². The van der Waals surface area contributed by atoms with Crippen LogP contribution in [-0.2, 0) is 6.42 Å². The van der Waals surface area contributed by atoms with E-state index in [-0.39, 0.29) is 5.82 Å². The van der Waals surface area contributed by atoms with Gasteiger partial charge in [0.05, 0.1) is 0 Å². The summed E-state index contributed by atoms with van der Waals surface area (Å²) in [6, 6.07) is 5.24. The molecule has 0 radical (unpaired) electrons. The Morgan fingerprint density at radius 3 is 2.71 bits per heavy atom. The Balaban J connectivity index is 2.51. The van der Waals surface area contributed by atoms with Crippen LogP contribution in [0.25, 0.3) is 0 Å². The summed E-state index contributed by atoms with van der Waals surface area (Å²) in [4.78, 5) is 0. The quantitative estimate of drug-likeness (QED) is 0.814. The molecule has 0 aliphatic rings. The van der Waals surface area contributed by atoms with Crippen LogP contribution >= 0.6 is 11.6 Å². The topological polar surface area (TPSA) is 12.0 Å². The van der Waals surface area contributed by atoms with Crippen LogP contribution in [0.3, 0.4) is 0 Å². The van der Waals surface area contributed by atoms with Crippen LogP contribution in [0.15, 0.2) is 18.2 Å². The second kappa shape index (κ2) is 5.32. The zero-order valence-electron chi connectivity index (χ0n) is 8.48. The van der Waals surface area contributed by atoms with E-state index in [1.807, 2.05) is 0 Å². The monoisotopic (exact) mass is 215 g/mol. The van der Waals surface area contributed by atoms with Crippen LogP contribution < -0.4 is 5.32 Å². The summed E-state index contributed by atoms with van der Waals surface area (Å²) in [5.74, 6) is -0.219. The molecule has 3 heteroatoms. The summed E-state index contributed by atoms with van der Waals surface area (Å²) in [5.41, 5.74) is 0.711. The van der Waals surface area contributed by atoms with Crippen molar-refractivity contribution in [3.63, 3.8) is 0 Å². The highest BCUT2D eigenvalue weighted by atomic mass is 35.5. The lowest BCUT2D eigenvalue weighted by Gasteiger charge is -2.08. The molecule has 78 valence electrons. The second-order valence-electron chi connectivity index (χ2n) is 3.59. The van der Waals surface area contributed by atoms with Crippen molar-refractivity contribution in [3.05, 3.63) is 34.6 Å². The summed E-state index contributed by atoms with van der Waals surface area (Å²) in [7, 11) is 0. The molecule has 0 aliphatic carbocycles. The van der Waals surface area contributed by atoms with Crippen LogP contribution in [-0.4, -0.2) is 12.6 Å². The fourth-order valence-electron chi connectivity index (χ4n) is 1.22. The molecule has 14 heavy (non-hydrogen) atoms. The number of hydrogen-bond donors (Lipinski definition) is 1. The van der Waals surface area contributed by atoms with Gasteiger partial charge in [-0.25, -0.2) is 4.39 Å². The molecule has 0 saturated carbocycles. The highest BCUT2D eigenvalue weighted by molar-refractivity contribution is 6.30. The van der Waals surface area contributed by atoms with Crippen LogP contribution in [0.1, 0.15) is 19.4 Å². The van der Waals surface area contributed by atoms with Gasteiger partial charge in [-0.15, -0.1) is 0 Å². The lowest BCUT2D eigenvalue weighted by atomic mass is 10.1. The van der Waals surface area contributed by atoms with Gasteiger partial charge in [-0.2, -0.15) is 0 Å². The van der Waals surface area contributed by atoms with Gasteiger partial charge in [0, 0.05) is 11.1 Å². The Morgan fingerprint density at radius 1 is 1.43 bits per heavy atom. The fraction of sp³-hybridized carbons (Fsp3) is 0.455. The number of rotatable bonds is 4.